The lowest BCUT2D eigenvalue weighted by Gasteiger charge is -2.04. The molecular formula is C8H11ClO3. The molecule has 0 aromatic heterocycles. The van der Waals surface area contributed by atoms with Gasteiger partial charge < -0.3 is 4.74 Å². The first-order valence-electron chi connectivity index (χ1n) is 3.48. The lowest BCUT2D eigenvalue weighted by atomic mass is 10.0. The van der Waals surface area contributed by atoms with Gasteiger partial charge >= 0.3 is 5.97 Å². The van der Waals surface area contributed by atoms with E-state index in [1.165, 1.54) is 7.11 Å². The minimum Gasteiger partial charge on any atom is -0.466 e. The lowest BCUT2D eigenvalue weighted by molar-refractivity contribution is -0.135. The average Bonchev–Trinajstić information content (AvgIpc) is 1.98. The third-order valence-electron chi connectivity index (χ3n) is 1.32. The minimum atomic E-state index is -0.615. The first-order chi connectivity index (χ1) is 5.49. The quantitative estimate of drug-likeness (QED) is 0.385. The van der Waals surface area contributed by atoms with Crippen LogP contribution in [0.5, 0.6) is 0 Å². The first kappa shape index (κ1) is 11.2. The van der Waals surface area contributed by atoms with Gasteiger partial charge in [0.25, 0.3) is 0 Å². The number of methoxy groups -OCH3 is 1. The van der Waals surface area contributed by atoms with Gasteiger partial charge in [-0.1, -0.05) is 13.8 Å². The Kier molecular flexibility index (Phi) is 4.59. The largest absolute Gasteiger partial charge is 0.466 e. The van der Waals surface area contributed by atoms with Crippen molar-refractivity contribution in [1.29, 1.82) is 0 Å². The number of hydrogen-bond donors (Lipinski definition) is 0. The molecule has 12 heavy (non-hydrogen) atoms. The highest BCUT2D eigenvalue weighted by Gasteiger charge is 2.12. The van der Waals surface area contributed by atoms with Gasteiger partial charge in [-0.05, 0) is 17.5 Å². The van der Waals surface area contributed by atoms with Crippen molar-refractivity contribution in [2.24, 2.45) is 5.92 Å². The first-order valence-corrected chi connectivity index (χ1v) is 3.86. The Balaban J connectivity index is 4.61. The van der Waals surface area contributed by atoms with E-state index < -0.39 is 11.2 Å². The number of esters is 1. The van der Waals surface area contributed by atoms with Gasteiger partial charge in [0.15, 0.2) is 0 Å². The molecule has 0 amide bonds. The monoisotopic (exact) mass is 190 g/mol. The lowest BCUT2D eigenvalue weighted by Crippen LogP contribution is -2.06. The van der Waals surface area contributed by atoms with Gasteiger partial charge in [-0.25, -0.2) is 4.79 Å². The molecule has 0 aliphatic carbocycles. The van der Waals surface area contributed by atoms with Crippen LogP contribution in [0, 0.1) is 5.92 Å². The van der Waals surface area contributed by atoms with Crippen LogP contribution in [0.3, 0.4) is 0 Å². The molecule has 0 aromatic carbocycles. The zero-order chi connectivity index (χ0) is 9.72. The summed E-state index contributed by atoms with van der Waals surface area (Å²) < 4.78 is 4.35. The molecule has 4 heteroatoms. The maximum atomic E-state index is 10.7. The van der Waals surface area contributed by atoms with Crippen LogP contribution < -0.4 is 0 Å². The van der Waals surface area contributed by atoms with E-state index in [1.807, 2.05) is 0 Å². The van der Waals surface area contributed by atoms with E-state index in [4.69, 9.17) is 11.6 Å². The average molecular weight is 191 g/mol. The molecule has 0 N–H and O–H groups in total. The van der Waals surface area contributed by atoms with Crippen molar-refractivity contribution in [3.63, 3.8) is 0 Å². The van der Waals surface area contributed by atoms with Gasteiger partial charge in [-0.3, -0.25) is 4.79 Å². The van der Waals surface area contributed by atoms with E-state index in [1.54, 1.807) is 13.8 Å². The van der Waals surface area contributed by atoms with E-state index in [0.717, 1.165) is 6.08 Å². The van der Waals surface area contributed by atoms with Crippen LogP contribution in [0.25, 0.3) is 0 Å². The SMILES string of the molecule is COC(=O)/C=C(/C(=O)Cl)C(C)C. The van der Waals surface area contributed by atoms with Crippen molar-refractivity contribution in [1.82, 2.24) is 0 Å². The third-order valence-corrected chi connectivity index (χ3v) is 1.54. The Bertz CT molecular complexity index is 218. The highest BCUT2D eigenvalue weighted by molar-refractivity contribution is 6.67. The molecule has 68 valence electrons. The molecule has 0 spiro atoms. The number of carbonyl (C=O) groups excluding carboxylic acids is 2. The van der Waals surface area contributed by atoms with Crippen LogP contribution in [0.1, 0.15) is 13.8 Å². The van der Waals surface area contributed by atoms with Crippen LogP contribution in [0.4, 0.5) is 0 Å². The Morgan fingerprint density at radius 3 is 2.17 bits per heavy atom. The molecule has 0 atom stereocenters. The molecular weight excluding hydrogens is 180 g/mol. The summed E-state index contributed by atoms with van der Waals surface area (Å²) in [6.07, 6.45) is 1.11. The van der Waals surface area contributed by atoms with Crippen molar-refractivity contribution in [2.75, 3.05) is 7.11 Å². The van der Waals surface area contributed by atoms with Crippen LogP contribution >= 0.6 is 11.6 Å². The van der Waals surface area contributed by atoms with Crippen molar-refractivity contribution < 1.29 is 14.3 Å². The molecule has 0 heterocycles. The van der Waals surface area contributed by atoms with Gasteiger partial charge in [0.1, 0.15) is 0 Å². The predicted molar refractivity (Wildman–Crippen MR) is 45.8 cm³/mol. The molecule has 0 fully saturated rings. The number of hydrogen-bond acceptors (Lipinski definition) is 3. The van der Waals surface area contributed by atoms with Crippen LogP contribution in [0.15, 0.2) is 11.6 Å². The summed E-state index contributed by atoms with van der Waals surface area (Å²) in [4.78, 5) is 21.4. The van der Waals surface area contributed by atoms with E-state index in [2.05, 4.69) is 4.74 Å². The summed E-state index contributed by atoms with van der Waals surface area (Å²) in [6, 6.07) is 0. The van der Waals surface area contributed by atoms with Crippen molar-refractivity contribution >= 4 is 22.8 Å². The molecule has 0 saturated carbocycles. The number of allylic oxidation sites excluding steroid dienone is 1. The Morgan fingerprint density at radius 1 is 1.42 bits per heavy atom. The van der Waals surface area contributed by atoms with Crippen LogP contribution in [-0.2, 0) is 14.3 Å². The van der Waals surface area contributed by atoms with E-state index in [0.29, 0.717) is 0 Å². The summed E-state index contributed by atoms with van der Waals surface area (Å²) in [7, 11) is 1.25. The summed E-state index contributed by atoms with van der Waals surface area (Å²) in [5.41, 5.74) is 0.267. The van der Waals surface area contributed by atoms with Crippen LogP contribution in [-0.4, -0.2) is 18.3 Å². The van der Waals surface area contributed by atoms with Gasteiger partial charge in [0, 0.05) is 11.6 Å². The fraction of sp³-hybridized carbons (Fsp3) is 0.500. The van der Waals surface area contributed by atoms with E-state index in [9.17, 15) is 9.59 Å². The molecule has 0 aliphatic heterocycles. The van der Waals surface area contributed by atoms with Gasteiger partial charge in [-0.2, -0.15) is 0 Å². The summed E-state index contributed by atoms with van der Waals surface area (Å²) >= 11 is 5.22. The second-order valence-electron chi connectivity index (χ2n) is 2.55. The van der Waals surface area contributed by atoms with Gasteiger partial charge in [0.2, 0.25) is 5.24 Å². The zero-order valence-electron chi connectivity index (χ0n) is 7.26. The standard InChI is InChI=1S/C8H11ClO3/c1-5(2)6(8(9)11)4-7(10)12-3/h4-5H,1-3H3/b6-4+. The number of halogens is 1. The number of carbonyl (C=O) groups is 2. The molecule has 0 bridgehead atoms. The third kappa shape index (κ3) is 3.53. The fourth-order valence-electron chi connectivity index (χ4n) is 0.636. The zero-order valence-corrected chi connectivity index (χ0v) is 8.01. The van der Waals surface area contributed by atoms with Crippen molar-refractivity contribution in [3.05, 3.63) is 11.6 Å². The molecule has 0 aliphatic rings. The summed E-state index contributed by atoms with van der Waals surface area (Å²) in [6.45, 7) is 3.55. The predicted octanol–water partition coefficient (Wildman–Crippen LogP) is 1.51. The van der Waals surface area contributed by atoms with E-state index in [-0.39, 0.29) is 11.5 Å². The normalized spacial score (nSPS) is 11.6. The van der Waals surface area contributed by atoms with E-state index >= 15 is 0 Å². The molecule has 0 saturated heterocycles. The minimum absolute atomic E-state index is 0.0749. The fourth-order valence-corrected chi connectivity index (χ4v) is 0.909. The smallest absolute Gasteiger partial charge is 0.330 e. The van der Waals surface area contributed by atoms with Crippen molar-refractivity contribution in [3.8, 4) is 0 Å². The van der Waals surface area contributed by atoms with Gasteiger partial charge in [-0.15, -0.1) is 0 Å². The summed E-state index contributed by atoms with van der Waals surface area (Å²) in [5.74, 6) is -0.637. The maximum Gasteiger partial charge on any atom is 0.330 e. The summed E-state index contributed by atoms with van der Waals surface area (Å²) in [5, 5.41) is -0.615. The molecule has 0 rings (SSSR count). The molecule has 0 unspecified atom stereocenters. The van der Waals surface area contributed by atoms with Gasteiger partial charge in [0.05, 0.1) is 7.11 Å². The van der Waals surface area contributed by atoms with Crippen LogP contribution in [0.2, 0.25) is 0 Å². The van der Waals surface area contributed by atoms with Crippen molar-refractivity contribution in [2.45, 2.75) is 13.8 Å². The maximum absolute atomic E-state index is 10.7. The second-order valence-corrected chi connectivity index (χ2v) is 2.89. The number of rotatable bonds is 3. The highest BCUT2D eigenvalue weighted by Crippen LogP contribution is 2.12. The molecule has 3 nitrogen and oxygen atoms in total. The second kappa shape index (κ2) is 4.93. The Labute approximate surface area is 76.3 Å². The number of ether oxygens (including phenoxy) is 1. The topological polar surface area (TPSA) is 43.4 Å². The molecule has 0 radical (unpaired) electrons. The Hall–Kier alpha value is -0.830. The Morgan fingerprint density at radius 2 is 1.92 bits per heavy atom. The molecule has 0 aromatic rings. The highest BCUT2D eigenvalue weighted by atomic mass is 35.5.